The van der Waals surface area contributed by atoms with Crippen LogP contribution in [0.4, 0.5) is 4.79 Å². The highest BCUT2D eigenvalue weighted by molar-refractivity contribution is 5.82. The Morgan fingerprint density at radius 2 is 1.76 bits per heavy atom. The number of hydrogen-bond acceptors (Lipinski definition) is 2. The van der Waals surface area contributed by atoms with Gasteiger partial charge in [-0.2, -0.15) is 0 Å². The smallest absolute Gasteiger partial charge is 0.326 e. The monoisotopic (exact) mass is 296 g/mol. The van der Waals surface area contributed by atoms with Gasteiger partial charge in [-0.05, 0) is 37.0 Å². The van der Waals surface area contributed by atoms with E-state index in [0.29, 0.717) is 5.41 Å². The van der Waals surface area contributed by atoms with Crippen molar-refractivity contribution < 1.29 is 14.7 Å². The average molecular weight is 296 g/mol. The van der Waals surface area contributed by atoms with E-state index in [2.05, 4.69) is 5.32 Å². The zero-order chi connectivity index (χ0) is 15.5. The van der Waals surface area contributed by atoms with Crippen molar-refractivity contribution in [1.82, 2.24) is 10.2 Å². The quantitative estimate of drug-likeness (QED) is 0.838. The normalized spacial score (nSPS) is 23.8. The molecule has 1 saturated heterocycles. The van der Waals surface area contributed by atoms with E-state index in [0.717, 1.165) is 32.4 Å². The first-order chi connectivity index (χ1) is 9.97. The van der Waals surface area contributed by atoms with E-state index in [1.165, 1.54) is 25.7 Å². The average Bonchev–Trinajstić information content (AvgIpc) is 2.92. The fraction of sp³-hybridized carbons (Fsp3) is 0.875. The Bertz CT molecular complexity index is 381. The van der Waals surface area contributed by atoms with Gasteiger partial charge in [0, 0.05) is 13.1 Å². The minimum Gasteiger partial charge on any atom is -0.480 e. The summed E-state index contributed by atoms with van der Waals surface area (Å²) in [4.78, 5) is 25.4. The molecule has 2 fully saturated rings. The van der Waals surface area contributed by atoms with Gasteiger partial charge in [0.15, 0.2) is 0 Å². The fourth-order valence-electron chi connectivity index (χ4n) is 3.72. The van der Waals surface area contributed by atoms with E-state index >= 15 is 0 Å². The van der Waals surface area contributed by atoms with Gasteiger partial charge in [-0.3, -0.25) is 0 Å². The molecule has 0 aromatic rings. The second-order valence-corrected chi connectivity index (χ2v) is 6.85. The lowest BCUT2D eigenvalue weighted by Gasteiger charge is -2.39. The molecule has 5 heteroatoms. The van der Waals surface area contributed by atoms with Crippen LogP contribution in [0.3, 0.4) is 0 Å². The third kappa shape index (κ3) is 3.69. The van der Waals surface area contributed by atoms with Crippen LogP contribution in [0.1, 0.15) is 58.8 Å². The van der Waals surface area contributed by atoms with Crippen LogP contribution in [-0.2, 0) is 4.79 Å². The summed E-state index contributed by atoms with van der Waals surface area (Å²) in [7, 11) is 0. The van der Waals surface area contributed by atoms with Crippen molar-refractivity contribution in [2.24, 2.45) is 11.3 Å². The van der Waals surface area contributed by atoms with Gasteiger partial charge in [0.05, 0.1) is 0 Å². The van der Waals surface area contributed by atoms with Crippen molar-refractivity contribution in [1.29, 1.82) is 0 Å². The number of piperidine rings is 1. The molecule has 2 rings (SSSR count). The van der Waals surface area contributed by atoms with Crippen LogP contribution in [0.15, 0.2) is 0 Å². The number of carboxylic acid groups (broad SMARTS) is 1. The van der Waals surface area contributed by atoms with Crippen molar-refractivity contribution in [3.8, 4) is 0 Å². The predicted octanol–water partition coefficient (Wildman–Crippen LogP) is 2.85. The molecular weight excluding hydrogens is 268 g/mol. The Hall–Kier alpha value is -1.26. The molecule has 0 bridgehead atoms. The predicted molar refractivity (Wildman–Crippen MR) is 81.1 cm³/mol. The molecule has 120 valence electrons. The van der Waals surface area contributed by atoms with E-state index < -0.39 is 12.0 Å². The Labute approximate surface area is 127 Å². The van der Waals surface area contributed by atoms with E-state index in [1.807, 2.05) is 13.8 Å². The maximum absolute atomic E-state index is 12.3. The SMILES string of the molecule is CCC(C)C(NC(=O)N1CCC2(CCCC2)CC1)C(=O)O. The van der Waals surface area contributed by atoms with Crippen LogP contribution in [0, 0.1) is 11.3 Å². The number of nitrogens with one attached hydrogen (secondary N) is 1. The second kappa shape index (κ2) is 6.67. The summed E-state index contributed by atoms with van der Waals surface area (Å²) in [6.45, 7) is 5.33. The van der Waals surface area contributed by atoms with Crippen molar-refractivity contribution in [2.75, 3.05) is 13.1 Å². The van der Waals surface area contributed by atoms with Crippen molar-refractivity contribution in [3.05, 3.63) is 0 Å². The van der Waals surface area contributed by atoms with Gasteiger partial charge in [0.1, 0.15) is 6.04 Å². The van der Waals surface area contributed by atoms with Gasteiger partial charge >= 0.3 is 12.0 Å². The highest BCUT2D eigenvalue weighted by Gasteiger charge is 2.38. The molecule has 1 aliphatic carbocycles. The highest BCUT2D eigenvalue weighted by atomic mass is 16.4. The molecule has 21 heavy (non-hydrogen) atoms. The summed E-state index contributed by atoms with van der Waals surface area (Å²) < 4.78 is 0. The first kappa shape index (κ1) is 16.1. The molecule has 2 atom stereocenters. The van der Waals surface area contributed by atoms with E-state index in [-0.39, 0.29) is 11.9 Å². The number of carbonyl (C=O) groups is 2. The van der Waals surface area contributed by atoms with Crippen molar-refractivity contribution >= 4 is 12.0 Å². The minimum absolute atomic E-state index is 0.0579. The number of aliphatic carboxylic acids is 1. The summed E-state index contributed by atoms with van der Waals surface area (Å²) in [6.07, 6.45) is 8.12. The molecular formula is C16H28N2O3. The minimum atomic E-state index is -0.943. The van der Waals surface area contributed by atoms with Crippen LogP contribution in [0.25, 0.3) is 0 Å². The molecule has 1 saturated carbocycles. The number of nitrogens with zero attached hydrogens (tertiary/aromatic N) is 1. The van der Waals surface area contributed by atoms with Crippen molar-refractivity contribution in [2.45, 2.75) is 64.8 Å². The summed E-state index contributed by atoms with van der Waals surface area (Å²) in [5, 5.41) is 12.0. The number of hydrogen-bond donors (Lipinski definition) is 2. The van der Waals surface area contributed by atoms with E-state index in [4.69, 9.17) is 0 Å². The molecule has 2 amide bonds. The zero-order valence-electron chi connectivity index (χ0n) is 13.2. The first-order valence-corrected chi connectivity index (χ1v) is 8.26. The maximum atomic E-state index is 12.3. The number of rotatable bonds is 4. The van der Waals surface area contributed by atoms with Crippen LogP contribution in [-0.4, -0.2) is 41.1 Å². The molecule has 1 aliphatic heterocycles. The van der Waals surface area contributed by atoms with Crippen LogP contribution < -0.4 is 5.32 Å². The third-order valence-corrected chi connectivity index (χ3v) is 5.53. The lowest BCUT2D eigenvalue weighted by atomic mass is 9.77. The molecule has 0 radical (unpaired) electrons. The Balaban J connectivity index is 1.87. The topological polar surface area (TPSA) is 69.6 Å². The first-order valence-electron chi connectivity index (χ1n) is 8.26. The number of urea groups is 1. The summed E-state index contributed by atoms with van der Waals surface area (Å²) in [5.74, 6) is -1.00. The lowest BCUT2D eigenvalue weighted by molar-refractivity contribution is -0.140. The zero-order valence-corrected chi connectivity index (χ0v) is 13.2. The molecule has 0 aromatic carbocycles. The molecule has 5 nitrogen and oxygen atoms in total. The molecule has 2 aliphatic rings. The summed E-state index contributed by atoms with van der Waals surface area (Å²) in [6, 6.07) is -1.000. The molecule has 0 aromatic heterocycles. The van der Waals surface area contributed by atoms with Crippen LogP contribution in [0.5, 0.6) is 0 Å². The van der Waals surface area contributed by atoms with Gasteiger partial charge < -0.3 is 15.3 Å². The molecule has 1 heterocycles. The van der Waals surface area contributed by atoms with E-state index in [9.17, 15) is 14.7 Å². The third-order valence-electron chi connectivity index (χ3n) is 5.53. The Morgan fingerprint density at radius 1 is 1.19 bits per heavy atom. The van der Waals surface area contributed by atoms with Gasteiger partial charge in [-0.15, -0.1) is 0 Å². The fourth-order valence-corrected chi connectivity index (χ4v) is 3.72. The van der Waals surface area contributed by atoms with Gasteiger partial charge in [0.2, 0.25) is 0 Å². The standard InChI is InChI=1S/C16H28N2O3/c1-3-12(2)13(14(19)20)17-15(21)18-10-8-16(9-11-18)6-4-5-7-16/h12-13H,3-11H2,1-2H3,(H,17,21)(H,19,20). The highest BCUT2D eigenvalue weighted by Crippen LogP contribution is 2.46. The summed E-state index contributed by atoms with van der Waals surface area (Å²) in [5.41, 5.74) is 0.472. The van der Waals surface area contributed by atoms with E-state index in [1.54, 1.807) is 4.90 Å². The molecule has 2 N–H and O–H groups in total. The number of carboxylic acids is 1. The number of likely N-dealkylation sites (tertiary alicyclic amines) is 1. The van der Waals surface area contributed by atoms with Crippen molar-refractivity contribution in [3.63, 3.8) is 0 Å². The lowest BCUT2D eigenvalue weighted by Crippen LogP contribution is -2.53. The molecule has 1 spiro atoms. The van der Waals surface area contributed by atoms with Gasteiger partial charge in [0.25, 0.3) is 0 Å². The van der Waals surface area contributed by atoms with Gasteiger partial charge in [-0.1, -0.05) is 33.1 Å². The van der Waals surface area contributed by atoms with Crippen LogP contribution in [0.2, 0.25) is 0 Å². The maximum Gasteiger partial charge on any atom is 0.326 e. The largest absolute Gasteiger partial charge is 0.480 e. The summed E-state index contributed by atoms with van der Waals surface area (Å²) >= 11 is 0. The molecule has 2 unspecified atom stereocenters. The Kier molecular flexibility index (Phi) is 5.12. The van der Waals surface area contributed by atoms with Gasteiger partial charge in [-0.25, -0.2) is 9.59 Å². The Morgan fingerprint density at radius 3 is 2.24 bits per heavy atom. The van der Waals surface area contributed by atoms with Crippen LogP contribution >= 0.6 is 0 Å². The number of amides is 2. The number of carbonyl (C=O) groups excluding carboxylic acids is 1. The second-order valence-electron chi connectivity index (χ2n) is 6.85.